The molecule has 4 N–H and O–H groups in total. The molecule has 0 fully saturated rings. The number of benzene rings is 1. The summed E-state index contributed by atoms with van der Waals surface area (Å²) in [6.07, 6.45) is 1.20. The van der Waals surface area contributed by atoms with Crippen LogP contribution >= 0.6 is 0 Å². The molecular formula is C9H11NO4. The number of rotatable bonds is 3. The standard InChI is InChI=1S/C9H11NO4/c11-4-3-10-5-6-7(12)1-2-8(13)9(6)14/h1-2,5,11-14H,3-4H2/b10-5+. The molecule has 5 nitrogen and oxygen atoms in total. The first-order valence-corrected chi connectivity index (χ1v) is 4.01. The van der Waals surface area contributed by atoms with Crippen LogP contribution in [0.3, 0.4) is 0 Å². The second-order valence-corrected chi connectivity index (χ2v) is 2.62. The quantitative estimate of drug-likeness (QED) is 0.316. The zero-order valence-electron chi connectivity index (χ0n) is 7.38. The number of hydrogen-bond donors (Lipinski definition) is 4. The fraction of sp³-hybridized carbons (Fsp3) is 0.222. The average molecular weight is 197 g/mol. The van der Waals surface area contributed by atoms with Crippen molar-refractivity contribution in [3.8, 4) is 17.2 Å². The van der Waals surface area contributed by atoms with E-state index in [0.29, 0.717) is 0 Å². The Morgan fingerprint density at radius 1 is 1.14 bits per heavy atom. The number of aliphatic imine (C=N–C) groups is 1. The van der Waals surface area contributed by atoms with Gasteiger partial charge in [0.05, 0.1) is 18.7 Å². The van der Waals surface area contributed by atoms with E-state index in [9.17, 15) is 10.2 Å². The topological polar surface area (TPSA) is 93.3 Å². The third kappa shape index (κ3) is 2.14. The Bertz CT molecular complexity index is 349. The molecule has 0 aliphatic carbocycles. The smallest absolute Gasteiger partial charge is 0.170 e. The van der Waals surface area contributed by atoms with Crippen molar-refractivity contribution in [2.24, 2.45) is 4.99 Å². The molecule has 1 rings (SSSR count). The summed E-state index contributed by atoms with van der Waals surface area (Å²) in [5.41, 5.74) is 0.0402. The lowest BCUT2D eigenvalue weighted by molar-refractivity contribution is 0.307. The summed E-state index contributed by atoms with van der Waals surface area (Å²) >= 11 is 0. The van der Waals surface area contributed by atoms with Crippen molar-refractivity contribution in [2.75, 3.05) is 13.2 Å². The van der Waals surface area contributed by atoms with Crippen LogP contribution in [0.1, 0.15) is 5.56 Å². The fourth-order valence-corrected chi connectivity index (χ4v) is 0.927. The molecule has 0 aromatic heterocycles. The molecule has 0 amide bonds. The van der Waals surface area contributed by atoms with Crippen LogP contribution in [0.4, 0.5) is 0 Å². The van der Waals surface area contributed by atoms with Crippen molar-refractivity contribution in [3.63, 3.8) is 0 Å². The summed E-state index contributed by atoms with van der Waals surface area (Å²) in [6.45, 7) is 0.0609. The Morgan fingerprint density at radius 2 is 1.79 bits per heavy atom. The number of phenolic OH excluding ortho intramolecular Hbond substituents is 3. The van der Waals surface area contributed by atoms with Gasteiger partial charge in [-0.15, -0.1) is 0 Å². The second kappa shape index (κ2) is 4.48. The zero-order chi connectivity index (χ0) is 10.6. The first-order valence-electron chi connectivity index (χ1n) is 4.01. The van der Waals surface area contributed by atoms with E-state index in [-0.39, 0.29) is 30.2 Å². The van der Waals surface area contributed by atoms with E-state index in [2.05, 4.69) is 4.99 Å². The van der Waals surface area contributed by atoms with Crippen LogP contribution in [-0.4, -0.2) is 39.8 Å². The minimum atomic E-state index is -0.424. The van der Waals surface area contributed by atoms with Gasteiger partial charge in [-0.1, -0.05) is 0 Å². The fourth-order valence-electron chi connectivity index (χ4n) is 0.927. The van der Waals surface area contributed by atoms with Crippen LogP contribution < -0.4 is 0 Å². The molecule has 0 aliphatic rings. The van der Waals surface area contributed by atoms with E-state index < -0.39 is 5.75 Å². The molecule has 0 bridgehead atoms. The molecule has 0 saturated heterocycles. The van der Waals surface area contributed by atoms with Gasteiger partial charge in [0, 0.05) is 6.21 Å². The summed E-state index contributed by atoms with van der Waals surface area (Å²) in [7, 11) is 0. The van der Waals surface area contributed by atoms with Gasteiger partial charge in [0.2, 0.25) is 0 Å². The molecule has 0 saturated carbocycles. The first kappa shape index (κ1) is 10.3. The number of hydrogen-bond acceptors (Lipinski definition) is 5. The Labute approximate surface area is 80.6 Å². The van der Waals surface area contributed by atoms with Crippen LogP contribution in [0.2, 0.25) is 0 Å². The third-order valence-electron chi connectivity index (χ3n) is 1.62. The van der Waals surface area contributed by atoms with Gasteiger partial charge in [-0.05, 0) is 12.1 Å². The minimum absolute atomic E-state index is 0.0402. The van der Waals surface area contributed by atoms with Gasteiger partial charge in [0.1, 0.15) is 5.75 Å². The molecule has 14 heavy (non-hydrogen) atoms. The molecular weight excluding hydrogens is 186 g/mol. The number of aliphatic hydroxyl groups excluding tert-OH is 1. The highest BCUT2D eigenvalue weighted by molar-refractivity contribution is 5.88. The summed E-state index contributed by atoms with van der Waals surface area (Å²) in [4.78, 5) is 3.72. The lowest BCUT2D eigenvalue weighted by Gasteiger charge is -2.03. The van der Waals surface area contributed by atoms with Crippen molar-refractivity contribution in [3.05, 3.63) is 17.7 Å². The van der Waals surface area contributed by atoms with E-state index in [1.165, 1.54) is 18.3 Å². The molecule has 0 heterocycles. The zero-order valence-corrected chi connectivity index (χ0v) is 7.38. The molecule has 0 spiro atoms. The van der Waals surface area contributed by atoms with Crippen LogP contribution in [0, 0.1) is 0 Å². The van der Waals surface area contributed by atoms with Crippen LogP contribution in [0.15, 0.2) is 17.1 Å². The minimum Gasteiger partial charge on any atom is -0.507 e. The highest BCUT2D eigenvalue weighted by Crippen LogP contribution is 2.33. The summed E-state index contributed by atoms with van der Waals surface area (Å²) in [5.74, 6) is -0.929. The Hall–Kier alpha value is -1.75. The van der Waals surface area contributed by atoms with Crippen LogP contribution in [-0.2, 0) is 0 Å². The van der Waals surface area contributed by atoms with E-state index in [4.69, 9.17) is 10.2 Å². The number of phenols is 3. The maximum atomic E-state index is 9.31. The summed E-state index contributed by atoms with van der Waals surface area (Å²) in [5, 5.41) is 36.2. The van der Waals surface area contributed by atoms with E-state index in [1.807, 2.05) is 0 Å². The highest BCUT2D eigenvalue weighted by atomic mass is 16.3. The van der Waals surface area contributed by atoms with Gasteiger partial charge in [-0.3, -0.25) is 4.99 Å². The van der Waals surface area contributed by atoms with Crippen LogP contribution in [0.5, 0.6) is 17.2 Å². The second-order valence-electron chi connectivity index (χ2n) is 2.62. The highest BCUT2D eigenvalue weighted by Gasteiger charge is 2.08. The Balaban J connectivity index is 3.00. The normalized spacial score (nSPS) is 10.9. The van der Waals surface area contributed by atoms with Crippen LogP contribution in [0.25, 0.3) is 0 Å². The van der Waals surface area contributed by atoms with Crippen molar-refractivity contribution in [1.29, 1.82) is 0 Å². The molecule has 0 aliphatic heterocycles. The molecule has 0 unspecified atom stereocenters. The van der Waals surface area contributed by atoms with Gasteiger partial charge in [-0.25, -0.2) is 0 Å². The van der Waals surface area contributed by atoms with E-state index >= 15 is 0 Å². The molecule has 5 heteroatoms. The number of aromatic hydroxyl groups is 3. The van der Waals surface area contributed by atoms with Gasteiger partial charge in [0.25, 0.3) is 0 Å². The SMILES string of the molecule is OCC/N=C/c1c(O)ccc(O)c1O. The van der Waals surface area contributed by atoms with Gasteiger partial charge in [-0.2, -0.15) is 0 Å². The van der Waals surface area contributed by atoms with Crippen molar-refractivity contribution in [1.82, 2.24) is 0 Å². The molecule has 0 radical (unpaired) electrons. The lowest BCUT2D eigenvalue weighted by Crippen LogP contribution is -1.90. The summed E-state index contributed by atoms with van der Waals surface area (Å²) < 4.78 is 0. The van der Waals surface area contributed by atoms with Crippen molar-refractivity contribution < 1.29 is 20.4 Å². The van der Waals surface area contributed by atoms with Crippen molar-refractivity contribution in [2.45, 2.75) is 0 Å². The average Bonchev–Trinajstić information content (AvgIpc) is 2.18. The maximum Gasteiger partial charge on any atom is 0.170 e. The van der Waals surface area contributed by atoms with Gasteiger partial charge >= 0.3 is 0 Å². The molecule has 0 atom stereocenters. The Kier molecular flexibility index (Phi) is 3.30. The number of aliphatic hydroxyl groups is 1. The maximum absolute atomic E-state index is 9.31. The van der Waals surface area contributed by atoms with Crippen molar-refractivity contribution >= 4 is 6.21 Å². The predicted octanol–water partition coefficient (Wildman–Crippen LogP) is 0.215. The largest absolute Gasteiger partial charge is 0.507 e. The first-order chi connectivity index (χ1) is 6.66. The van der Waals surface area contributed by atoms with Gasteiger partial charge < -0.3 is 20.4 Å². The lowest BCUT2D eigenvalue weighted by atomic mass is 10.2. The molecule has 76 valence electrons. The van der Waals surface area contributed by atoms with Gasteiger partial charge in [0.15, 0.2) is 11.5 Å². The monoisotopic (exact) mass is 197 g/mol. The summed E-state index contributed by atoms with van der Waals surface area (Å²) in [6, 6.07) is 2.42. The number of nitrogens with zero attached hydrogens (tertiary/aromatic N) is 1. The van der Waals surface area contributed by atoms with E-state index in [1.54, 1.807) is 0 Å². The predicted molar refractivity (Wildman–Crippen MR) is 51.0 cm³/mol. The third-order valence-corrected chi connectivity index (χ3v) is 1.62. The molecule has 1 aromatic carbocycles. The molecule has 1 aromatic rings. The Morgan fingerprint density at radius 3 is 2.43 bits per heavy atom. The van der Waals surface area contributed by atoms with E-state index in [0.717, 1.165) is 0 Å².